The Labute approximate surface area is 207 Å². The summed E-state index contributed by atoms with van der Waals surface area (Å²) in [5.74, 6) is -0.376. The summed E-state index contributed by atoms with van der Waals surface area (Å²) in [6.07, 6.45) is 4.14. The number of hydrogen-bond acceptors (Lipinski definition) is 4. The molecular weight excluding hydrogens is 469 g/mol. The van der Waals surface area contributed by atoms with Gasteiger partial charge in [-0.1, -0.05) is 19.1 Å². The Morgan fingerprint density at radius 2 is 1.94 bits per heavy atom. The molecule has 0 unspecified atom stereocenters. The van der Waals surface area contributed by atoms with E-state index in [1.165, 1.54) is 12.7 Å². The van der Waals surface area contributed by atoms with E-state index in [1.807, 2.05) is 22.8 Å². The van der Waals surface area contributed by atoms with Crippen LogP contribution in [0.3, 0.4) is 0 Å². The Balaban J connectivity index is 1.45. The molecule has 190 valence electrons. The van der Waals surface area contributed by atoms with Gasteiger partial charge in [0.05, 0.1) is 24.4 Å². The highest BCUT2D eigenvalue weighted by Gasteiger charge is 2.37. The number of rotatable bonds is 6. The average Bonchev–Trinajstić information content (AvgIpc) is 3.28. The Morgan fingerprint density at radius 1 is 1.11 bits per heavy atom. The summed E-state index contributed by atoms with van der Waals surface area (Å²) in [5.41, 5.74) is 5.96. The van der Waals surface area contributed by atoms with Gasteiger partial charge in [-0.3, -0.25) is 9.69 Å². The third-order valence-corrected chi connectivity index (χ3v) is 6.96. The van der Waals surface area contributed by atoms with Gasteiger partial charge in [-0.2, -0.15) is 18.3 Å². The summed E-state index contributed by atoms with van der Waals surface area (Å²) in [4.78, 5) is 16.1. The fourth-order valence-electron chi connectivity index (χ4n) is 5.20. The van der Waals surface area contributed by atoms with Crippen LogP contribution in [0.5, 0.6) is 5.75 Å². The molecule has 3 aromatic rings. The van der Waals surface area contributed by atoms with Crippen LogP contribution in [0, 0.1) is 0 Å². The quantitative estimate of drug-likeness (QED) is 0.476. The van der Waals surface area contributed by atoms with Gasteiger partial charge in [-0.15, -0.1) is 0 Å². The number of benzene rings is 1. The lowest BCUT2D eigenvalue weighted by molar-refractivity contribution is -0.141. The lowest BCUT2D eigenvalue weighted by atomic mass is 9.93. The molecular formula is C27H29F3N4O2. The van der Waals surface area contributed by atoms with E-state index in [9.17, 15) is 18.0 Å². The van der Waals surface area contributed by atoms with Crippen LogP contribution in [0.25, 0.3) is 22.2 Å². The average molecular weight is 499 g/mol. The topological polar surface area (TPSA) is 50.1 Å². The zero-order valence-electron chi connectivity index (χ0n) is 20.4. The number of carbonyl (C=O) groups excluding carboxylic acids is 1. The monoisotopic (exact) mass is 498 g/mol. The van der Waals surface area contributed by atoms with Crippen molar-refractivity contribution >= 4 is 17.0 Å². The first kappa shape index (κ1) is 24.4. The van der Waals surface area contributed by atoms with Crippen molar-refractivity contribution in [3.63, 3.8) is 0 Å². The number of fused-ring (bicyclic) bond motifs is 2. The number of carbonyl (C=O) groups is 1. The second-order valence-electron chi connectivity index (χ2n) is 9.39. The van der Waals surface area contributed by atoms with Crippen molar-refractivity contribution in [1.82, 2.24) is 19.4 Å². The minimum absolute atomic E-state index is 0.0147. The van der Waals surface area contributed by atoms with Crippen LogP contribution in [0.2, 0.25) is 0 Å². The van der Waals surface area contributed by atoms with E-state index in [-0.39, 0.29) is 17.9 Å². The molecule has 0 bridgehead atoms. The fourth-order valence-corrected chi connectivity index (χ4v) is 5.20. The van der Waals surface area contributed by atoms with Gasteiger partial charge in [0.2, 0.25) is 0 Å². The summed E-state index contributed by atoms with van der Waals surface area (Å²) in [5, 5.41) is 4.57. The van der Waals surface area contributed by atoms with Gasteiger partial charge >= 0.3 is 6.18 Å². The predicted molar refractivity (Wildman–Crippen MR) is 132 cm³/mol. The zero-order valence-corrected chi connectivity index (χ0v) is 20.4. The van der Waals surface area contributed by atoms with Crippen LogP contribution >= 0.6 is 0 Å². The predicted octanol–water partition coefficient (Wildman–Crippen LogP) is 5.07. The number of pyridine rings is 1. The van der Waals surface area contributed by atoms with Crippen LogP contribution in [0.1, 0.15) is 41.3 Å². The number of alkyl halides is 3. The van der Waals surface area contributed by atoms with E-state index in [2.05, 4.69) is 29.1 Å². The highest BCUT2D eigenvalue weighted by molar-refractivity contribution is 6.00. The molecule has 36 heavy (non-hydrogen) atoms. The van der Waals surface area contributed by atoms with Crippen LogP contribution in [0.4, 0.5) is 13.2 Å². The SMILES string of the molecule is CCCN1CC=C(c2ccc3c(-c4cc5c(c(OC)c4)C(=O)N(CC(F)(F)F)CC5)cnn3c2)CC1. The molecule has 0 aliphatic carbocycles. The van der Waals surface area contributed by atoms with Crippen molar-refractivity contribution in [2.45, 2.75) is 32.4 Å². The van der Waals surface area contributed by atoms with E-state index in [0.717, 1.165) is 59.6 Å². The molecule has 0 radical (unpaired) electrons. The molecule has 5 rings (SSSR count). The smallest absolute Gasteiger partial charge is 0.406 e. The normalized spacial score (nSPS) is 16.9. The maximum absolute atomic E-state index is 12.9. The van der Waals surface area contributed by atoms with Crippen molar-refractivity contribution in [1.29, 1.82) is 0 Å². The molecule has 6 nitrogen and oxygen atoms in total. The highest BCUT2D eigenvalue weighted by atomic mass is 19.4. The van der Waals surface area contributed by atoms with Gasteiger partial charge in [0.15, 0.2) is 0 Å². The lowest BCUT2D eigenvalue weighted by Crippen LogP contribution is -2.43. The Kier molecular flexibility index (Phi) is 6.51. The van der Waals surface area contributed by atoms with Crippen LogP contribution in [0.15, 0.2) is 42.7 Å². The minimum atomic E-state index is -4.45. The molecule has 1 amide bonds. The maximum Gasteiger partial charge on any atom is 0.406 e. The van der Waals surface area contributed by atoms with E-state index >= 15 is 0 Å². The number of halogens is 3. The zero-order chi connectivity index (χ0) is 25.4. The second kappa shape index (κ2) is 9.61. The van der Waals surface area contributed by atoms with Gasteiger partial charge in [-0.05, 0) is 66.3 Å². The molecule has 4 heterocycles. The van der Waals surface area contributed by atoms with Gasteiger partial charge < -0.3 is 9.64 Å². The van der Waals surface area contributed by atoms with Gasteiger partial charge in [0.1, 0.15) is 12.3 Å². The molecule has 0 fully saturated rings. The third-order valence-electron chi connectivity index (χ3n) is 6.96. The molecule has 0 saturated heterocycles. The lowest BCUT2D eigenvalue weighted by Gasteiger charge is -2.30. The van der Waals surface area contributed by atoms with Crippen molar-refractivity contribution < 1.29 is 22.7 Å². The maximum atomic E-state index is 12.9. The number of aromatic nitrogens is 2. The van der Waals surface area contributed by atoms with E-state index in [0.29, 0.717) is 12.0 Å². The second-order valence-corrected chi connectivity index (χ2v) is 9.39. The van der Waals surface area contributed by atoms with Crippen molar-refractivity contribution in [3.8, 4) is 16.9 Å². The standard InChI is InChI=1S/C27H29F3N4O2/c1-3-9-32-10-6-18(7-11-32)20-4-5-23-22(15-31-34(23)16-20)21-13-19-8-12-33(17-27(28,29)30)26(35)25(19)24(14-21)36-2/h4-6,13-16H,3,7-12,17H2,1-2H3. The molecule has 0 N–H and O–H groups in total. The van der Waals surface area contributed by atoms with Gasteiger partial charge in [0, 0.05) is 31.4 Å². The van der Waals surface area contributed by atoms with Gasteiger partial charge in [-0.25, -0.2) is 4.52 Å². The first-order chi connectivity index (χ1) is 17.3. The van der Waals surface area contributed by atoms with E-state index in [4.69, 9.17) is 4.74 Å². The Hall–Kier alpha value is -3.33. The van der Waals surface area contributed by atoms with E-state index < -0.39 is 18.6 Å². The number of amides is 1. The molecule has 2 aromatic heterocycles. The van der Waals surface area contributed by atoms with Crippen LogP contribution in [-0.4, -0.2) is 71.3 Å². The summed E-state index contributed by atoms with van der Waals surface area (Å²) >= 11 is 0. The number of ether oxygens (including phenoxy) is 1. The Morgan fingerprint density at radius 3 is 2.64 bits per heavy atom. The number of hydrogen-bond donors (Lipinski definition) is 0. The summed E-state index contributed by atoms with van der Waals surface area (Å²) < 4.78 is 46.1. The molecule has 0 spiro atoms. The summed E-state index contributed by atoms with van der Waals surface area (Å²) in [6.45, 7) is 4.07. The summed E-state index contributed by atoms with van der Waals surface area (Å²) in [7, 11) is 1.43. The minimum Gasteiger partial charge on any atom is -0.496 e. The molecule has 2 aliphatic rings. The molecule has 0 atom stereocenters. The molecule has 2 aliphatic heterocycles. The fraction of sp³-hybridized carbons (Fsp3) is 0.407. The van der Waals surface area contributed by atoms with Crippen molar-refractivity contribution in [3.05, 3.63) is 59.4 Å². The largest absolute Gasteiger partial charge is 0.496 e. The van der Waals surface area contributed by atoms with Crippen LogP contribution in [-0.2, 0) is 6.42 Å². The molecule has 9 heteroatoms. The number of methoxy groups -OCH3 is 1. The van der Waals surface area contributed by atoms with Crippen LogP contribution < -0.4 is 4.74 Å². The van der Waals surface area contributed by atoms with Crippen molar-refractivity contribution in [2.24, 2.45) is 0 Å². The third kappa shape index (κ3) is 4.72. The van der Waals surface area contributed by atoms with Crippen molar-refractivity contribution in [2.75, 3.05) is 39.8 Å². The first-order valence-corrected chi connectivity index (χ1v) is 12.2. The van der Waals surface area contributed by atoms with Gasteiger partial charge in [0.25, 0.3) is 5.91 Å². The summed E-state index contributed by atoms with van der Waals surface area (Å²) in [6, 6.07) is 7.73. The highest BCUT2D eigenvalue weighted by Crippen LogP contribution is 2.36. The van der Waals surface area contributed by atoms with E-state index in [1.54, 1.807) is 12.3 Å². The first-order valence-electron chi connectivity index (χ1n) is 12.2. The number of nitrogens with zero attached hydrogens (tertiary/aromatic N) is 4. The molecule has 1 aromatic carbocycles. The molecule has 0 saturated carbocycles. The Bertz CT molecular complexity index is 1310.